The molecule has 0 bridgehead atoms. The average molecular weight is 286 g/mol. The van der Waals surface area contributed by atoms with Gasteiger partial charge in [0.05, 0.1) is 0 Å². The van der Waals surface area contributed by atoms with Gasteiger partial charge < -0.3 is 10.2 Å². The van der Waals surface area contributed by atoms with Crippen LogP contribution in [0.15, 0.2) is 24.3 Å². The van der Waals surface area contributed by atoms with E-state index in [-0.39, 0.29) is 0 Å². The van der Waals surface area contributed by atoms with Gasteiger partial charge in [-0.15, -0.1) is 0 Å². The Labute approximate surface area is 129 Å². The van der Waals surface area contributed by atoms with Crippen LogP contribution in [-0.2, 0) is 6.42 Å². The maximum atomic E-state index is 3.84. The van der Waals surface area contributed by atoms with Crippen molar-refractivity contribution >= 4 is 0 Å². The van der Waals surface area contributed by atoms with Crippen molar-refractivity contribution in [2.45, 2.75) is 45.1 Å². The van der Waals surface area contributed by atoms with Crippen molar-refractivity contribution in [3.05, 3.63) is 35.4 Å². The highest BCUT2D eigenvalue weighted by Crippen LogP contribution is 2.26. The monoisotopic (exact) mass is 286 g/mol. The number of nitrogens with one attached hydrogen (secondary N) is 1. The molecule has 0 amide bonds. The molecule has 0 aromatic heterocycles. The van der Waals surface area contributed by atoms with E-state index in [9.17, 15) is 0 Å². The topological polar surface area (TPSA) is 15.3 Å². The van der Waals surface area contributed by atoms with Gasteiger partial charge in [0.1, 0.15) is 0 Å². The van der Waals surface area contributed by atoms with Gasteiger partial charge in [-0.3, -0.25) is 0 Å². The van der Waals surface area contributed by atoms with Crippen LogP contribution in [0.5, 0.6) is 0 Å². The van der Waals surface area contributed by atoms with Crippen molar-refractivity contribution in [1.29, 1.82) is 0 Å². The van der Waals surface area contributed by atoms with Crippen LogP contribution in [0.4, 0.5) is 0 Å². The van der Waals surface area contributed by atoms with Gasteiger partial charge >= 0.3 is 0 Å². The van der Waals surface area contributed by atoms with Crippen LogP contribution in [0.1, 0.15) is 36.8 Å². The largest absolute Gasteiger partial charge is 0.312 e. The van der Waals surface area contributed by atoms with Crippen LogP contribution < -0.4 is 5.32 Å². The van der Waals surface area contributed by atoms with E-state index in [1.54, 1.807) is 0 Å². The predicted octanol–water partition coefficient (Wildman–Crippen LogP) is 3.25. The summed E-state index contributed by atoms with van der Waals surface area (Å²) in [6.45, 7) is 5.88. The van der Waals surface area contributed by atoms with Gasteiger partial charge in [0.15, 0.2) is 0 Å². The molecule has 116 valence electrons. The fraction of sp³-hybridized carbons (Fsp3) is 0.684. The summed E-state index contributed by atoms with van der Waals surface area (Å²) in [4.78, 5) is 2.51. The molecule has 1 saturated carbocycles. The lowest BCUT2D eigenvalue weighted by molar-refractivity contribution is 0.159. The predicted molar refractivity (Wildman–Crippen MR) is 89.6 cm³/mol. The second-order valence-corrected chi connectivity index (χ2v) is 7.41. The van der Waals surface area contributed by atoms with Crippen molar-refractivity contribution in [3.8, 4) is 0 Å². The summed E-state index contributed by atoms with van der Waals surface area (Å²) in [5, 5.41) is 3.84. The first kappa shape index (κ1) is 15.1. The number of piperidine rings is 1. The number of likely N-dealkylation sites (N-methyl/N-ethyl adjacent to an activating group) is 1. The molecular formula is C19H30N2. The van der Waals surface area contributed by atoms with Crippen molar-refractivity contribution in [3.63, 3.8) is 0 Å². The Hall–Kier alpha value is -0.860. The molecule has 1 saturated heterocycles. The van der Waals surface area contributed by atoms with E-state index in [1.807, 2.05) is 0 Å². The highest BCUT2D eigenvalue weighted by molar-refractivity contribution is 5.21. The molecule has 1 N–H and O–H groups in total. The number of aryl methyl sites for hydroxylation is 1. The highest BCUT2D eigenvalue weighted by atomic mass is 15.1. The number of nitrogens with zero attached hydrogens (tertiary/aromatic N) is 1. The molecule has 0 radical (unpaired) electrons. The third kappa shape index (κ3) is 4.31. The van der Waals surface area contributed by atoms with Crippen molar-refractivity contribution in [1.82, 2.24) is 10.2 Å². The number of hydrogen-bond acceptors (Lipinski definition) is 2. The molecule has 0 spiro atoms. The lowest BCUT2D eigenvalue weighted by Crippen LogP contribution is -2.49. The molecule has 1 aliphatic heterocycles. The number of rotatable bonds is 5. The Balaban J connectivity index is 1.50. The zero-order chi connectivity index (χ0) is 14.7. The van der Waals surface area contributed by atoms with E-state index < -0.39 is 0 Å². The first-order valence-electron chi connectivity index (χ1n) is 8.66. The third-order valence-corrected chi connectivity index (χ3v) is 5.28. The third-order valence-electron chi connectivity index (χ3n) is 5.28. The van der Waals surface area contributed by atoms with Crippen LogP contribution in [-0.4, -0.2) is 37.6 Å². The van der Waals surface area contributed by atoms with Crippen LogP contribution in [0.25, 0.3) is 0 Å². The molecule has 2 nitrogen and oxygen atoms in total. The van der Waals surface area contributed by atoms with Gasteiger partial charge in [0.2, 0.25) is 0 Å². The molecule has 1 aliphatic carbocycles. The quantitative estimate of drug-likeness (QED) is 0.894. The van der Waals surface area contributed by atoms with Gasteiger partial charge in [-0.1, -0.05) is 36.2 Å². The van der Waals surface area contributed by atoms with Crippen LogP contribution in [0, 0.1) is 18.8 Å². The summed E-state index contributed by atoms with van der Waals surface area (Å²) in [5.41, 5.74) is 2.86. The maximum absolute atomic E-state index is 3.84. The Morgan fingerprint density at radius 2 is 1.86 bits per heavy atom. The van der Waals surface area contributed by atoms with Crippen LogP contribution in [0.3, 0.4) is 0 Å². The first-order valence-corrected chi connectivity index (χ1v) is 8.66. The second kappa shape index (κ2) is 6.93. The molecule has 1 aromatic carbocycles. The SMILES string of the molecule is Cc1ccc(CC2CC(NCC3CCC3)CN(C)C2)cc1. The minimum atomic E-state index is 0.694. The van der Waals surface area contributed by atoms with Crippen molar-refractivity contribution in [2.24, 2.45) is 11.8 Å². The Kier molecular flexibility index (Phi) is 4.97. The van der Waals surface area contributed by atoms with E-state index in [4.69, 9.17) is 0 Å². The molecule has 2 unspecified atom stereocenters. The standard InChI is InChI=1S/C19H30N2/c1-15-6-8-16(9-7-15)10-18-11-19(14-21(2)13-18)20-12-17-4-3-5-17/h6-9,17-20H,3-5,10-14H2,1-2H3. The normalized spacial score (nSPS) is 27.5. The highest BCUT2D eigenvalue weighted by Gasteiger charge is 2.26. The number of benzene rings is 1. The van der Waals surface area contributed by atoms with Gasteiger partial charge in [-0.05, 0) is 63.6 Å². The summed E-state index contributed by atoms with van der Waals surface area (Å²) in [5.74, 6) is 1.76. The van der Waals surface area contributed by atoms with E-state index in [0.29, 0.717) is 6.04 Å². The van der Waals surface area contributed by atoms with E-state index >= 15 is 0 Å². The summed E-state index contributed by atoms with van der Waals surface area (Å²) >= 11 is 0. The van der Waals surface area contributed by atoms with E-state index in [0.717, 1.165) is 11.8 Å². The van der Waals surface area contributed by atoms with Crippen LogP contribution >= 0.6 is 0 Å². The summed E-state index contributed by atoms with van der Waals surface area (Å²) < 4.78 is 0. The molecule has 2 aliphatic rings. The van der Waals surface area contributed by atoms with Gasteiger partial charge in [0.25, 0.3) is 0 Å². The number of hydrogen-bond donors (Lipinski definition) is 1. The fourth-order valence-electron chi connectivity index (χ4n) is 3.83. The molecule has 1 aromatic rings. The molecule has 2 atom stereocenters. The smallest absolute Gasteiger partial charge is 0.0198 e. The summed E-state index contributed by atoms with van der Waals surface area (Å²) in [7, 11) is 2.28. The molecule has 21 heavy (non-hydrogen) atoms. The summed E-state index contributed by atoms with van der Waals surface area (Å²) in [6.07, 6.45) is 6.91. The lowest BCUT2D eigenvalue weighted by Gasteiger charge is -2.38. The van der Waals surface area contributed by atoms with E-state index in [2.05, 4.69) is 48.5 Å². The molecule has 2 heteroatoms. The van der Waals surface area contributed by atoms with E-state index in [1.165, 1.54) is 62.9 Å². The minimum Gasteiger partial charge on any atom is -0.312 e. The van der Waals surface area contributed by atoms with Gasteiger partial charge in [-0.2, -0.15) is 0 Å². The molecular weight excluding hydrogens is 256 g/mol. The molecule has 1 heterocycles. The molecule has 2 fully saturated rings. The van der Waals surface area contributed by atoms with Crippen LogP contribution in [0.2, 0.25) is 0 Å². The Morgan fingerprint density at radius 1 is 1.10 bits per heavy atom. The van der Waals surface area contributed by atoms with Crippen molar-refractivity contribution in [2.75, 3.05) is 26.7 Å². The second-order valence-electron chi connectivity index (χ2n) is 7.41. The lowest BCUT2D eigenvalue weighted by atomic mass is 9.84. The number of likely N-dealkylation sites (tertiary alicyclic amines) is 1. The first-order chi connectivity index (χ1) is 10.2. The maximum Gasteiger partial charge on any atom is 0.0198 e. The Bertz CT molecular complexity index is 435. The molecule has 3 rings (SSSR count). The summed E-state index contributed by atoms with van der Waals surface area (Å²) in [6, 6.07) is 9.80. The minimum absolute atomic E-state index is 0.694. The van der Waals surface area contributed by atoms with Gasteiger partial charge in [-0.25, -0.2) is 0 Å². The zero-order valence-corrected chi connectivity index (χ0v) is 13.6. The Morgan fingerprint density at radius 3 is 2.52 bits per heavy atom. The van der Waals surface area contributed by atoms with Gasteiger partial charge in [0, 0.05) is 19.1 Å². The fourth-order valence-corrected chi connectivity index (χ4v) is 3.83. The average Bonchev–Trinajstić information content (AvgIpc) is 2.39. The van der Waals surface area contributed by atoms with Crippen molar-refractivity contribution < 1.29 is 0 Å². The zero-order valence-electron chi connectivity index (χ0n) is 13.6.